The van der Waals surface area contributed by atoms with E-state index in [1.54, 1.807) is 53.9 Å². The van der Waals surface area contributed by atoms with Crippen LogP contribution in [0.4, 0.5) is 5.69 Å². The van der Waals surface area contributed by atoms with Crippen LogP contribution in [0.5, 0.6) is 5.75 Å². The molecular weight excluding hydrogens is 456 g/mol. The fourth-order valence-electron chi connectivity index (χ4n) is 3.47. The van der Waals surface area contributed by atoms with E-state index in [1.807, 2.05) is 0 Å². The van der Waals surface area contributed by atoms with E-state index in [4.69, 9.17) is 16.3 Å². The SMILES string of the molecule is O=C(Nc1ccc(S(=O)(=O)C2CCCC2)cc1)c1csc(COc2ccc(Cl)cc2)n1. The van der Waals surface area contributed by atoms with Gasteiger partial charge in [-0.1, -0.05) is 24.4 Å². The summed E-state index contributed by atoms with van der Waals surface area (Å²) in [5.74, 6) is 0.304. The number of aromatic nitrogens is 1. The van der Waals surface area contributed by atoms with E-state index in [0.717, 1.165) is 12.8 Å². The van der Waals surface area contributed by atoms with Crippen molar-refractivity contribution in [1.29, 1.82) is 0 Å². The molecule has 0 saturated heterocycles. The molecule has 2 aromatic carbocycles. The van der Waals surface area contributed by atoms with Gasteiger partial charge in [-0.3, -0.25) is 4.79 Å². The quantitative estimate of drug-likeness (QED) is 0.497. The first-order chi connectivity index (χ1) is 14.9. The standard InChI is InChI=1S/C22H21ClN2O4S2/c23-15-5-9-17(10-6-15)29-13-21-25-20(14-30-21)22(26)24-16-7-11-19(12-8-16)31(27,28)18-3-1-2-4-18/h5-12,14,18H,1-4,13H2,(H,24,26). The van der Waals surface area contributed by atoms with Crippen LogP contribution in [0.15, 0.2) is 58.8 Å². The molecule has 162 valence electrons. The van der Waals surface area contributed by atoms with Crippen molar-refractivity contribution in [3.8, 4) is 5.75 Å². The predicted octanol–water partition coefficient (Wildman–Crippen LogP) is 5.34. The zero-order chi connectivity index (χ0) is 21.8. The molecule has 0 spiro atoms. The average Bonchev–Trinajstić information content (AvgIpc) is 3.46. The third kappa shape index (κ3) is 5.26. The monoisotopic (exact) mass is 476 g/mol. The van der Waals surface area contributed by atoms with Crippen molar-refractivity contribution in [2.24, 2.45) is 0 Å². The number of ether oxygens (including phenoxy) is 1. The Hall–Kier alpha value is -2.42. The summed E-state index contributed by atoms with van der Waals surface area (Å²) in [4.78, 5) is 17.1. The number of benzene rings is 2. The summed E-state index contributed by atoms with van der Waals surface area (Å²) in [6.45, 7) is 0.243. The number of hydrogen-bond donors (Lipinski definition) is 1. The lowest BCUT2D eigenvalue weighted by Crippen LogP contribution is -2.18. The van der Waals surface area contributed by atoms with Gasteiger partial charge in [0, 0.05) is 16.1 Å². The average molecular weight is 477 g/mol. The van der Waals surface area contributed by atoms with Gasteiger partial charge < -0.3 is 10.1 Å². The highest BCUT2D eigenvalue weighted by Crippen LogP contribution is 2.30. The number of halogens is 1. The third-order valence-electron chi connectivity index (χ3n) is 5.14. The maximum Gasteiger partial charge on any atom is 0.275 e. The van der Waals surface area contributed by atoms with E-state index < -0.39 is 9.84 Å². The van der Waals surface area contributed by atoms with Crippen molar-refractivity contribution in [1.82, 2.24) is 4.98 Å². The number of nitrogens with one attached hydrogen (secondary N) is 1. The zero-order valence-electron chi connectivity index (χ0n) is 16.6. The number of hydrogen-bond acceptors (Lipinski definition) is 6. The largest absolute Gasteiger partial charge is 0.486 e. The maximum atomic E-state index is 12.7. The second-order valence-corrected chi connectivity index (χ2v) is 10.9. The molecule has 0 unspecified atom stereocenters. The highest BCUT2D eigenvalue weighted by molar-refractivity contribution is 7.92. The number of sulfone groups is 1. The first kappa shape index (κ1) is 21.8. The first-order valence-electron chi connectivity index (χ1n) is 9.90. The molecular formula is C22H21ClN2O4S2. The summed E-state index contributed by atoms with van der Waals surface area (Å²) in [5, 5.41) is 5.42. The van der Waals surface area contributed by atoms with Gasteiger partial charge >= 0.3 is 0 Å². The van der Waals surface area contributed by atoms with E-state index in [-0.39, 0.29) is 23.5 Å². The fourth-order valence-corrected chi connectivity index (χ4v) is 6.14. The molecule has 3 aromatic rings. The summed E-state index contributed by atoms with van der Waals surface area (Å²) < 4.78 is 31.0. The number of carbonyl (C=O) groups excluding carboxylic acids is 1. The third-order valence-corrected chi connectivity index (χ3v) is 8.49. The molecule has 6 nitrogen and oxygen atoms in total. The Kier molecular flexibility index (Phi) is 6.60. The lowest BCUT2D eigenvalue weighted by molar-refractivity contribution is 0.102. The molecule has 31 heavy (non-hydrogen) atoms. The number of rotatable bonds is 7. The van der Waals surface area contributed by atoms with Gasteiger partial charge in [-0.25, -0.2) is 13.4 Å². The van der Waals surface area contributed by atoms with E-state index >= 15 is 0 Å². The Bertz CT molecular complexity index is 1150. The van der Waals surface area contributed by atoms with Crippen LogP contribution in [-0.4, -0.2) is 24.6 Å². The van der Waals surface area contributed by atoms with E-state index in [2.05, 4.69) is 10.3 Å². The second-order valence-electron chi connectivity index (χ2n) is 7.30. The topological polar surface area (TPSA) is 85.4 Å². The van der Waals surface area contributed by atoms with Crippen molar-refractivity contribution in [3.05, 3.63) is 69.6 Å². The minimum Gasteiger partial charge on any atom is -0.486 e. The van der Waals surface area contributed by atoms with Crippen molar-refractivity contribution in [2.75, 3.05) is 5.32 Å². The summed E-state index contributed by atoms with van der Waals surface area (Å²) in [5.41, 5.74) is 0.796. The van der Waals surface area contributed by atoms with E-state index in [1.165, 1.54) is 11.3 Å². The van der Waals surface area contributed by atoms with E-state index in [9.17, 15) is 13.2 Å². The lowest BCUT2D eigenvalue weighted by Gasteiger charge is -2.11. The number of amides is 1. The van der Waals surface area contributed by atoms with Crippen molar-refractivity contribution >= 4 is 44.4 Å². The Morgan fingerprint density at radius 2 is 1.77 bits per heavy atom. The molecule has 1 saturated carbocycles. The molecule has 1 fully saturated rings. The number of nitrogens with zero attached hydrogens (tertiary/aromatic N) is 1. The fraction of sp³-hybridized carbons (Fsp3) is 0.273. The van der Waals surface area contributed by atoms with Crippen LogP contribution in [0.2, 0.25) is 5.02 Å². The summed E-state index contributed by atoms with van der Waals surface area (Å²) >= 11 is 7.18. The smallest absolute Gasteiger partial charge is 0.275 e. The molecule has 1 amide bonds. The molecule has 1 aliphatic carbocycles. The van der Waals surface area contributed by atoms with Gasteiger partial charge in [-0.15, -0.1) is 11.3 Å². The van der Waals surface area contributed by atoms with Crippen LogP contribution in [0.25, 0.3) is 0 Å². The molecule has 1 aliphatic rings. The highest BCUT2D eigenvalue weighted by atomic mass is 35.5. The second kappa shape index (κ2) is 9.38. The Labute approximate surface area is 190 Å². The normalized spacial score (nSPS) is 14.5. The van der Waals surface area contributed by atoms with Gasteiger partial charge in [0.1, 0.15) is 23.1 Å². The van der Waals surface area contributed by atoms with Crippen LogP contribution in [0.1, 0.15) is 41.2 Å². The van der Waals surface area contributed by atoms with Crippen molar-refractivity contribution in [3.63, 3.8) is 0 Å². The van der Waals surface area contributed by atoms with E-state index in [0.29, 0.717) is 39.2 Å². The Morgan fingerprint density at radius 1 is 1.10 bits per heavy atom. The molecule has 1 aromatic heterocycles. The number of anilines is 1. The molecule has 0 radical (unpaired) electrons. The molecule has 4 rings (SSSR count). The molecule has 0 aliphatic heterocycles. The van der Waals surface area contributed by atoms with Crippen molar-refractivity contribution < 1.29 is 17.9 Å². The van der Waals surface area contributed by atoms with Gasteiger partial charge in [0.2, 0.25) is 0 Å². The van der Waals surface area contributed by atoms with Gasteiger partial charge in [0.15, 0.2) is 9.84 Å². The minimum atomic E-state index is -3.31. The Balaban J connectivity index is 1.35. The zero-order valence-corrected chi connectivity index (χ0v) is 19.0. The van der Waals surface area contributed by atoms with Crippen LogP contribution >= 0.6 is 22.9 Å². The van der Waals surface area contributed by atoms with Gasteiger partial charge in [-0.05, 0) is 61.4 Å². The van der Waals surface area contributed by atoms with Gasteiger partial charge in [0.05, 0.1) is 10.1 Å². The summed E-state index contributed by atoms with van der Waals surface area (Å²) in [7, 11) is -3.31. The highest BCUT2D eigenvalue weighted by Gasteiger charge is 2.30. The van der Waals surface area contributed by atoms with Gasteiger partial charge in [0.25, 0.3) is 5.91 Å². The van der Waals surface area contributed by atoms with Crippen molar-refractivity contribution in [2.45, 2.75) is 42.4 Å². The molecule has 1 N–H and O–H groups in total. The van der Waals surface area contributed by atoms with Crippen LogP contribution in [-0.2, 0) is 16.4 Å². The Morgan fingerprint density at radius 3 is 2.45 bits per heavy atom. The molecule has 0 bridgehead atoms. The molecule has 1 heterocycles. The summed E-state index contributed by atoms with van der Waals surface area (Å²) in [6.07, 6.45) is 3.35. The molecule has 9 heteroatoms. The lowest BCUT2D eigenvalue weighted by atomic mass is 10.3. The maximum absolute atomic E-state index is 12.7. The predicted molar refractivity (Wildman–Crippen MR) is 122 cm³/mol. The summed E-state index contributed by atoms with van der Waals surface area (Å²) in [6, 6.07) is 13.3. The minimum absolute atomic E-state index is 0.243. The van der Waals surface area contributed by atoms with Crippen LogP contribution in [0.3, 0.4) is 0 Å². The van der Waals surface area contributed by atoms with Crippen LogP contribution in [0, 0.1) is 0 Å². The number of thiazole rings is 1. The van der Waals surface area contributed by atoms with Gasteiger partial charge in [-0.2, -0.15) is 0 Å². The number of carbonyl (C=O) groups is 1. The molecule has 0 atom stereocenters. The van der Waals surface area contributed by atoms with Crippen LogP contribution < -0.4 is 10.1 Å². The first-order valence-corrected chi connectivity index (χ1v) is 12.7.